The second-order valence-electron chi connectivity index (χ2n) is 6.74. The van der Waals surface area contributed by atoms with E-state index >= 15 is 0 Å². The Morgan fingerprint density at radius 1 is 1.28 bits per heavy atom. The molecule has 0 radical (unpaired) electrons. The lowest BCUT2D eigenvalue weighted by atomic mass is 10.0. The molecule has 4 rings (SSSR count). The van der Waals surface area contributed by atoms with Crippen molar-refractivity contribution in [2.45, 2.75) is 38.6 Å². The topological polar surface area (TPSA) is 92.1 Å². The van der Waals surface area contributed by atoms with Gasteiger partial charge in [-0.3, -0.25) is 0 Å². The molecule has 3 aromatic rings. The van der Waals surface area contributed by atoms with Gasteiger partial charge < -0.3 is 20.3 Å². The van der Waals surface area contributed by atoms with Gasteiger partial charge in [0.25, 0.3) is 0 Å². The van der Waals surface area contributed by atoms with E-state index in [-0.39, 0.29) is 5.82 Å². The third-order valence-corrected chi connectivity index (χ3v) is 4.80. The molecule has 9 heteroatoms. The second kappa shape index (κ2) is 10.1. The Morgan fingerprint density at radius 3 is 2.69 bits per heavy atom. The molecule has 1 saturated carbocycles. The zero-order valence-corrected chi connectivity index (χ0v) is 16.6. The van der Waals surface area contributed by atoms with Gasteiger partial charge in [0.05, 0.1) is 10.4 Å². The maximum atomic E-state index is 13.3. The van der Waals surface area contributed by atoms with E-state index in [9.17, 15) is 9.18 Å². The van der Waals surface area contributed by atoms with Crippen LogP contribution in [0.1, 0.15) is 32.1 Å². The second-order valence-corrected chi connectivity index (χ2v) is 7.14. The molecule has 1 aliphatic rings. The largest absolute Gasteiger partial charge is 0.465 e. The maximum absolute atomic E-state index is 13.3. The molecule has 0 spiro atoms. The summed E-state index contributed by atoms with van der Waals surface area (Å²) in [6.07, 6.45) is 8.86. The van der Waals surface area contributed by atoms with E-state index in [1.54, 1.807) is 24.5 Å². The molecule has 2 aromatic heterocycles. The summed E-state index contributed by atoms with van der Waals surface area (Å²) in [7, 11) is 0. The van der Waals surface area contributed by atoms with E-state index in [2.05, 4.69) is 20.6 Å². The number of hydrogen-bond acceptors (Lipinski definition) is 4. The number of carboxylic acid groups (broad SMARTS) is 1. The van der Waals surface area contributed by atoms with Crippen LogP contribution in [0.15, 0.2) is 36.7 Å². The average Bonchev–Trinajstić information content (AvgIpc) is 2.93. The van der Waals surface area contributed by atoms with Gasteiger partial charge in [0.15, 0.2) is 0 Å². The SMILES string of the molecule is C1CCC1.O=C(O)NCCCn1cc(Cl)c2cnc(Nc3cccc(F)c3)nc21. The number of benzene rings is 1. The Kier molecular flexibility index (Phi) is 7.24. The summed E-state index contributed by atoms with van der Waals surface area (Å²) in [5, 5.41) is 15.0. The first-order chi connectivity index (χ1) is 14.0. The smallest absolute Gasteiger partial charge is 0.404 e. The van der Waals surface area contributed by atoms with Crippen LogP contribution < -0.4 is 10.6 Å². The van der Waals surface area contributed by atoms with E-state index in [0.717, 1.165) is 0 Å². The summed E-state index contributed by atoms with van der Waals surface area (Å²) >= 11 is 6.19. The molecule has 3 N–H and O–H groups in total. The molecule has 1 amide bonds. The van der Waals surface area contributed by atoms with E-state index in [1.807, 2.05) is 4.57 Å². The van der Waals surface area contributed by atoms with Crippen LogP contribution in [-0.2, 0) is 6.54 Å². The Labute approximate surface area is 172 Å². The average molecular weight is 420 g/mol. The first-order valence-electron chi connectivity index (χ1n) is 9.54. The monoisotopic (exact) mass is 419 g/mol. The number of nitrogens with zero attached hydrogens (tertiary/aromatic N) is 3. The van der Waals surface area contributed by atoms with Gasteiger partial charge in [-0.05, 0) is 24.6 Å². The summed E-state index contributed by atoms with van der Waals surface area (Å²) in [6.45, 7) is 0.867. The third-order valence-electron chi connectivity index (χ3n) is 4.50. The van der Waals surface area contributed by atoms with Crippen LogP contribution in [0.2, 0.25) is 5.02 Å². The van der Waals surface area contributed by atoms with Crippen LogP contribution >= 0.6 is 11.6 Å². The van der Waals surface area contributed by atoms with Gasteiger partial charge in [-0.1, -0.05) is 43.4 Å². The van der Waals surface area contributed by atoms with E-state index in [4.69, 9.17) is 16.7 Å². The van der Waals surface area contributed by atoms with Crippen LogP contribution in [0.4, 0.5) is 20.8 Å². The number of carbonyl (C=O) groups is 1. The first-order valence-corrected chi connectivity index (χ1v) is 9.91. The van der Waals surface area contributed by atoms with E-state index in [1.165, 1.54) is 37.8 Å². The number of hydrogen-bond donors (Lipinski definition) is 3. The summed E-state index contributed by atoms with van der Waals surface area (Å²) in [5.74, 6) is -0.0406. The molecule has 0 aliphatic heterocycles. The summed E-state index contributed by atoms with van der Waals surface area (Å²) in [5.41, 5.74) is 1.16. The minimum atomic E-state index is -1.06. The van der Waals surface area contributed by atoms with Crippen molar-refractivity contribution in [3.8, 4) is 0 Å². The highest BCUT2D eigenvalue weighted by atomic mass is 35.5. The minimum absolute atomic E-state index is 0.317. The molecule has 2 heterocycles. The van der Waals surface area contributed by atoms with Crippen molar-refractivity contribution >= 4 is 40.4 Å². The quantitative estimate of drug-likeness (QED) is 0.478. The highest BCUT2D eigenvalue weighted by molar-refractivity contribution is 6.35. The van der Waals surface area contributed by atoms with Crippen molar-refractivity contribution in [1.29, 1.82) is 0 Å². The van der Waals surface area contributed by atoms with Gasteiger partial charge >= 0.3 is 6.09 Å². The lowest BCUT2D eigenvalue weighted by Crippen LogP contribution is -2.22. The normalized spacial score (nSPS) is 12.6. The Morgan fingerprint density at radius 2 is 2.03 bits per heavy atom. The van der Waals surface area contributed by atoms with Gasteiger partial charge in [0.2, 0.25) is 5.95 Å². The third kappa shape index (κ3) is 6.05. The molecule has 1 aromatic carbocycles. The van der Waals surface area contributed by atoms with Crippen molar-refractivity contribution < 1.29 is 14.3 Å². The molecule has 0 saturated heterocycles. The summed E-state index contributed by atoms with van der Waals surface area (Å²) in [4.78, 5) is 19.1. The fraction of sp³-hybridized carbons (Fsp3) is 0.350. The summed E-state index contributed by atoms with van der Waals surface area (Å²) in [6, 6.07) is 5.99. The Balaban J connectivity index is 0.000000536. The Bertz CT molecular complexity index is 971. The number of aryl methyl sites for hydroxylation is 1. The van der Waals surface area contributed by atoms with Crippen molar-refractivity contribution in [2.24, 2.45) is 0 Å². The molecular weight excluding hydrogens is 397 g/mol. The lowest BCUT2D eigenvalue weighted by Gasteiger charge is -2.07. The van der Waals surface area contributed by atoms with Crippen LogP contribution in [0, 0.1) is 5.82 Å². The number of amides is 1. The fourth-order valence-corrected chi connectivity index (χ4v) is 2.90. The van der Waals surface area contributed by atoms with Crippen molar-refractivity contribution in [2.75, 3.05) is 11.9 Å². The molecular formula is C20H23ClFN5O2. The van der Waals surface area contributed by atoms with Gasteiger partial charge in [-0.15, -0.1) is 0 Å². The number of fused-ring (bicyclic) bond motifs is 1. The van der Waals surface area contributed by atoms with Gasteiger partial charge in [0, 0.05) is 31.2 Å². The maximum Gasteiger partial charge on any atom is 0.404 e. The molecule has 0 unspecified atom stereocenters. The first kappa shape index (κ1) is 20.9. The van der Waals surface area contributed by atoms with Crippen LogP contribution in [0.3, 0.4) is 0 Å². The molecule has 154 valence electrons. The molecule has 1 aliphatic carbocycles. The Hall–Kier alpha value is -2.87. The van der Waals surface area contributed by atoms with Gasteiger partial charge in [-0.2, -0.15) is 4.98 Å². The molecule has 1 fully saturated rings. The van der Waals surface area contributed by atoms with Crippen molar-refractivity contribution in [1.82, 2.24) is 19.9 Å². The van der Waals surface area contributed by atoms with Crippen molar-refractivity contribution in [3.63, 3.8) is 0 Å². The number of aromatic nitrogens is 3. The molecule has 29 heavy (non-hydrogen) atoms. The molecule has 0 atom stereocenters. The molecule has 7 nitrogen and oxygen atoms in total. The van der Waals surface area contributed by atoms with E-state index in [0.29, 0.717) is 47.2 Å². The predicted octanol–water partition coefficient (Wildman–Crippen LogP) is 5.19. The fourth-order valence-electron chi connectivity index (χ4n) is 2.65. The lowest BCUT2D eigenvalue weighted by molar-refractivity contribution is 0.194. The van der Waals surface area contributed by atoms with Crippen LogP contribution in [0.25, 0.3) is 11.0 Å². The van der Waals surface area contributed by atoms with Crippen molar-refractivity contribution in [3.05, 3.63) is 47.5 Å². The predicted molar refractivity (Wildman–Crippen MR) is 111 cm³/mol. The number of rotatable bonds is 6. The standard InChI is InChI=1S/C16H15ClFN5O2.C4H8/c17-13-9-23(6-2-5-19-16(24)25)14-12(13)8-20-15(22-14)21-11-4-1-3-10(18)7-11;1-2-4-3-1/h1,3-4,7-9,19H,2,5-6H2,(H,24,25)(H,20,21,22);1-4H2. The van der Waals surface area contributed by atoms with Crippen LogP contribution in [-0.4, -0.2) is 32.3 Å². The molecule has 0 bridgehead atoms. The van der Waals surface area contributed by atoms with E-state index < -0.39 is 6.09 Å². The number of nitrogens with one attached hydrogen (secondary N) is 2. The summed E-state index contributed by atoms with van der Waals surface area (Å²) < 4.78 is 15.1. The minimum Gasteiger partial charge on any atom is -0.465 e. The highest BCUT2D eigenvalue weighted by Gasteiger charge is 2.11. The van der Waals surface area contributed by atoms with Gasteiger partial charge in [0.1, 0.15) is 11.5 Å². The highest BCUT2D eigenvalue weighted by Crippen LogP contribution is 2.25. The zero-order chi connectivity index (χ0) is 20.6. The number of halogens is 2. The zero-order valence-electron chi connectivity index (χ0n) is 15.9. The van der Waals surface area contributed by atoms with Crippen LogP contribution in [0.5, 0.6) is 0 Å². The van der Waals surface area contributed by atoms with Gasteiger partial charge in [-0.25, -0.2) is 14.2 Å². The number of anilines is 2.